The minimum absolute atomic E-state index is 0.225. The average Bonchev–Trinajstić information content (AvgIpc) is 3.06. The molecule has 0 aliphatic carbocycles. The fourth-order valence-electron chi connectivity index (χ4n) is 4.43. The van der Waals surface area contributed by atoms with E-state index in [0.717, 1.165) is 61.6 Å². The van der Waals surface area contributed by atoms with Crippen LogP contribution in [0.2, 0.25) is 0 Å². The molecule has 1 saturated heterocycles. The van der Waals surface area contributed by atoms with Crippen LogP contribution in [0.1, 0.15) is 48.4 Å². The lowest BCUT2D eigenvalue weighted by molar-refractivity contribution is -0.136. The molecule has 1 fully saturated rings. The van der Waals surface area contributed by atoms with E-state index in [1.807, 2.05) is 44.2 Å². The quantitative estimate of drug-likeness (QED) is 0.593. The zero-order chi connectivity index (χ0) is 24.2. The highest BCUT2D eigenvalue weighted by Gasteiger charge is 2.39. The van der Waals surface area contributed by atoms with Crippen LogP contribution in [0.15, 0.2) is 48.2 Å². The average molecular weight is 462 g/mol. The van der Waals surface area contributed by atoms with Crippen molar-refractivity contribution in [2.75, 3.05) is 44.7 Å². The number of aryl methyl sites for hydroxylation is 2. The maximum Gasteiger partial charge on any atom is 0.278 e. The van der Waals surface area contributed by atoms with Crippen molar-refractivity contribution in [2.45, 2.75) is 40.0 Å². The maximum atomic E-state index is 13.5. The smallest absolute Gasteiger partial charge is 0.278 e. The predicted octanol–water partition coefficient (Wildman–Crippen LogP) is 4.34. The third-order valence-corrected chi connectivity index (χ3v) is 6.77. The lowest BCUT2D eigenvalue weighted by atomic mass is 9.99. The van der Waals surface area contributed by atoms with E-state index < -0.39 is 0 Å². The van der Waals surface area contributed by atoms with Gasteiger partial charge in [0.1, 0.15) is 5.70 Å². The molecule has 0 atom stereocenters. The van der Waals surface area contributed by atoms with Gasteiger partial charge in [-0.3, -0.25) is 19.4 Å². The van der Waals surface area contributed by atoms with Crippen LogP contribution in [-0.4, -0.2) is 61.0 Å². The number of benzene rings is 2. The lowest BCUT2D eigenvalue weighted by Crippen LogP contribution is -2.39. The molecule has 6 nitrogen and oxygen atoms in total. The van der Waals surface area contributed by atoms with Crippen molar-refractivity contribution in [1.29, 1.82) is 0 Å². The molecule has 0 aromatic heterocycles. The minimum Gasteiger partial charge on any atom is -0.379 e. The molecule has 4 rings (SSSR count). The summed E-state index contributed by atoms with van der Waals surface area (Å²) in [5.41, 5.74) is 5.87. The SMILES string of the molecule is Cc1ccc(C2=C(Nc3ccc(C(C)C)cc3)C(=O)N(CCCN3CCOCC3)C2=O)cc1C. The first-order chi connectivity index (χ1) is 16.3. The van der Waals surface area contributed by atoms with Crippen LogP contribution in [0, 0.1) is 13.8 Å². The van der Waals surface area contributed by atoms with Crippen LogP contribution in [0.4, 0.5) is 5.69 Å². The number of nitrogens with zero attached hydrogens (tertiary/aromatic N) is 2. The Morgan fingerprint density at radius 1 is 0.912 bits per heavy atom. The van der Waals surface area contributed by atoms with E-state index >= 15 is 0 Å². The Morgan fingerprint density at radius 2 is 1.62 bits per heavy atom. The number of rotatable bonds is 8. The number of hydrogen-bond acceptors (Lipinski definition) is 5. The first kappa shape index (κ1) is 24.2. The molecule has 6 heteroatoms. The topological polar surface area (TPSA) is 61.9 Å². The van der Waals surface area contributed by atoms with E-state index in [1.54, 1.807) is 0 Å². The van der Waals surface area contributed by atoms with E-state index in [9.17, 15) is 9.59 Å². The second kappa shape index (κ2) is 10.5. The Bertz CT molecular complexity index is 1080. The summed E-state index contributed by atoms with van der Waals surface area (Å²) >= 11 is 0. The van der Waals surface area contributed by atoms with Gasteiger partial charge in [0.15, 0.2) is 0 Å². The number of carbonyl (C=O) groups is 2. The van der Waals surface area contributed by atoms with Gasteiger partial charge in [-0.1, -0.05) is 44.2 Å². The van der Waals surface area contributed by atoms with Gasteiger partial charge in [-0.2, -0.15) is 0 Å². The number of imide groups is 1. The number of anilines is 1. The summed E-state index contributed by atoms with van der Waals surface area (Å²) in [6, 6.07) is 14.0. The zero-order valence-corrected chi connectivity index (χ0v) is 20.7. The molecule has 2 aliphatic heterocycles. The van der Waals surface area contributed by atoms with Gasteiger partial charge in [0.05, 0.1) is 18.8 Å². The predicted molar refractivity (Wildman–Crippen MR) is 136 cm³/mol. The van der Waals surface area contributed by atoms with Crippen molar-refractivity contribution in [3.63, 3.8) is 0 Å². The molecule has 2 heterocycles. The molecular formula is C28H35N3O3. The normalized spacial score (nSPS) is 17.3. The van der Waals surface area contributed by atoms with E-state index in [4.69, 9.17) is 4.74 Å². The molecule has 0 spiro atoms. The van der Waals surface area contributed by atoms with Crippen molar-refractivity contribution in [3.8, 4) is 0 Å². The van der Waals surface area contributed by atoms with Crippen LogP contribution < -0.4 is 5.32 Å². The lowest BCUT2D eigenvalue weighted by Gasteiger charge is -2.27. The number of carbonyl (C=O) groups excluding carboxylic acids is 2. The van der Waals surface area contributed by atoms with Crippen LogP contribution in [0.3, 0.4) is 0 Å². The summed E-state index contributed by atoms with van der Waals surface area (Å²) in [6.07, 6.45) is 0.744. The molecule has 2 amide bonds. The van der Waals surface area contributed by atoms with Gasteiger partial charge in [-0.05, 0) is 60.6 Å². The highest BCUT2D eigenvalue weighted by Crippen LogP contribution is 2.32. The van der Waals surface area contributed by atoms with E-state index in [1.165, 1.54) is 10.5 Å². The highest BCUT2D eigenvalue weighted by atomic mass is 16.5. The van der Waals surface area contributed by atoms with Crippen molar-refractivity contribution >= 4 is 23.1 Å². The summed E-state index contributed by atoms with van der Waals surface area (Å²) in [4.78, 5) is 30.7. The van der Waals surface area contributed by atoms with Crippen molar-refractivity contribution in [1.82, 2.24) is 9.80 Å². The highest BCUT2D eigenvalue weighted by molar-refractivity contribution is 6.36. The second-order valence-electron chi connectivity index (χ2n) is 9.52. The molecule has 180 valence electrons. The molecule has 2 aromatic carbocycles. The molecule has 0 unspecified atom stereocenters. The number of nitrogens with one attached hydrogen (secondary N) is 1. The Morgan fingerprint density at radius 3 is 2.26 bits per heavy atom. The first-order valence-corrected chi connectivity index (χ1v) is 12.2. The zero-order valence-electron chi connectivity index (χ0n) is 20.7. The summed E-state index contributed by atoms with van der Waals surface area (Å²) in [5, 5.41) is 3.28. The van der Waals surface area contributed by atoms with Crippen LogP contribution in [-0.2, 0) is 14.3 Å². The largest absolute Gasteiger partial charge is 0.379 e. The third-order valence-electron chi connectivity index (χ3n) is 6.77. The van der Waals surface area contributed by atoms with E-state index in [-0.39, 0.29) is 11.8 Å². The van der Waals surface area contributed by atoms with E-state index in [2.05, 4.69) is 36.2 Å². The molecule has 1 N–H and O–H groups in total. The fraction of sp³-hybridized carbons (Fsp3) is 0.429. The molecule has 0 saturated carbocycles. The molecule has 34 heavy (non-hydrogen) atoms. The molecule has 0 bridgehead atoms. The van der Waals surface area contributed by atoms with Gasteiger partial charge in [0, 0.05) is 31.9 Å². The third kappa shape index (κ3) is 5.24. The van der Waals surface area contributed by atoms with E-state index in [0.29, 0.717) is 23.7 Å². The van der Waals surface area contributed by atoms with Gasteiger partial charge in [-0.15, -0.1) is 0 Å². The Kier molecular flexibility index (Phi) is 7.49. The second-order valence-corrected chi connectivity index (χ2v) is 9.52. The number of ether oxygens (including phenoxy) is 1. The minimum atomic E-state index is -0.256. The van der Waals surface area contributed by atoms with Crippen LogP contribution in [0.5, 0.6) is 0 Å². The van der Waals surface area contributed by atoms with Gasteiger partial charge in [0.25, 0.3) is 11.8 Å². The van der Waals surface area contributed by atoms with Gasteiger partial charge >= 0.3 is 0 Å². The molecular weight excluding hydrogens is 426 g/mol. The van der Waals surface area contributed by atoms with Gasteiger partial charge in [0.2, 0.25) is 0 Å². The first-order valence-electron chi connectivity index (χ1n) is 12.2. The summed E-state index contributed by atoms with van der Waals surface area (Å²) < 4.78 is 5.41. The van der Waals surface area contributed by atoms with Crippen molar-refractivity contribution < 1.29 is 14.3 Å². The molecule has 2 aliphatic rings. The summed E-state index contributed by atoms with van der Waals surface area (Å²) in [6.45, 7) is 12.9. The van der Waals surface area contributed by atoms with Crippen molar-refractivity contribution in [3.05, 3.63) is 70.4 Å². The van der Waals surface area contributed by atoms with Crippen molar-refractivity contribution in [2.24, 2.45) is 0 Å². The Labute approximate surface area is 202 Å². The standard InChI is InChI=1S/C28H35N3O3/c1-19(2)22-8-10-24(11-9-22)29-26-25(23-7-6-20(3)21(4)18-23)27(32)31(28(26)33)13-5-12-30-14-16-34-17-15-30/h6-11,18-19,29H,5,12-17H2,1-4H3. The van der Waals surface area contributed by atoms with Crippen LogP contribution in [0.25, 0.3) is 5.57 Å². The number of morpholine rings is 1. The summed E-state index contributed by atoms with van der Waals surface area (Å²) in [7, 11) is 0. The number of hydrogen-bond donors (Lipinski definition) is 1. The Balaban J connectivity index is 1.58. The fourth-order valence-corrected chi connectivity index (χ4v) is 4.43. The monoisotopic (exact) mass is 461 g/mol. The maximum absolute atomic E-state index is 13.5. The summed E-state index contributed by atoms with van der Waals surface area (Å²) in [5.74, 6) is -0.0549. The number of amides is 2. The molecule has 2 aromatic rings. The van der Waals surface area contributed by atoms with Gasteiger partial charge in [-0.25, -0.2) is 0 Å². The van der Waals surface area contributed by atoms with Gasteiger partial charge < -0.3 is 10.1 Å². The molecule has 0 radical (unpaired) electrons. The van der Waals surface area contributed by atoms with Crippen LogP contribution >= 0.6 is 0 Å². The Hall–Kier alpha value is -2.96.